The molecule has 1 heterocycles. The average Bonchev–Trinajstić information content (AvgIpc) is 2.03. The van der Waals surface area contributed by atoms with Gasteiger partial charge in [0, 0.05) is 6.04 Å². The lowest BCUT2D eigenvalue weighted by atomic mass is 9.82. The summed E-state index contributed by atoms with van der Waals surface area (Å²) < 4.78 is 0. The Morgan fingerprint density at radius 2 is 1.62 bits per heavy atom. The summed E-state index contributed by atoms with van der Waals surface area (Å²) in [6.07, 6.45) is 2.30. The van der Waals surface area contributed by atoms with Gasteiger partial charge in [-0.3, -0.25) is 4.90 Å². The normalized spacial score (nSPS) is 28.4. The molecule has 0 saturated carbocycles. The van der Waals surface area contributed by atoms with Gasteiger partial charge in [0.1, 0.15) is 0 Å². The summed E-state index contributed by atoms with van der Waals surface area (Å²) in [6, 6.07) is 0.316. The second-order valence-corrected chi connectivity index (χ2v) is 5.18. The second-order valence-electron chi connectivity index (χ2n) is 5.18. The first-order valence-corrected chi connectivity index (χ1v) is 5.34. The monoisotopic (exact) mass is 185 g/mol. The Kier molecular flexibility index (Phi) is 3.36. The fourth-order valence-electron chi connectivity index (χ4n) is 1.84. The van der Waals surface area contributed by atoms with Crippen molar-refractivity contribution in [3.05, 3.63) is 0 Å². The second kappa shape index (κ2) is 3.97. The van der Waals surface area contributed by atoms with E-state index in [9.17, 15) is 5.11 Å². The molecule has 1 N–H and O–H groups in total. The maximum Gasteiger partial charge on any atom is 0.0664 e. The number of hydrogen-bond donors (Lipinski definition) is 1. The fourth-order valence-corrected chi connectivity index (χ4v) is 1.84. The van der Waals surface area contributed by atoms with Gasteiger partial charge in [-0.2, -0.15) is 0 Å². The number of nitrogens with zero attached hydrogens (tertiary/aromatic N) is 1. The van der Waals surface area contributed by atoms with E-state index in [1.807, 2.05) is 6.92 Å². The van der Waals surface area contributed by atoms with Crippen molar-refractivity contribution in [2.24, 2.45) is 5.41 Å². The minimum absolute atomic E-state index is 0.207. The van der Waals surface area contributed by atoms with Crippen LogP contribution in [0.2, 0.25) is 0 Å². The summed E-state index contributed by atoms with van der Waals surface area (Å²) in [5.41, 5.74) is 0.509. The van der Waals surface area contributed by atoms with Gasteiger partial charge in [0.2, 0.25) is 0 Å². The van der Waals surface area contributed by atoms with Gasteiger partial charge in [0.05, 0.1) is 6.10 Å². The van der Waals surface area contributed by atoms with Crippen LogP contribution in [0.4, 0.5) is 0 Å². The van der Waals surface area contributed by atoms with E-state index in [1.165, 1.54) is 12.8 Å². The van der Waals surface area contributed by atoms with Crippen LogP contribution in [0.15, 0.2) is 0 Å². The molecule has 1 saturated heterocycles. The number of aliphatic hydroxyl groups excluding tert-OH is 1. The van der Waals surface area contributed by atoms with Crippen LogP contribution in [0.1, 0.15) is 40.5 Å². The Bertz CT molecular complexity index is 155. The van der Waals surface area contributed by atoms with E-state index in [2.05, 4.69) is 25.7 Å². The highest BCUT2D eigenvalue weighted by atomic mass is 16.3. The van der Waals surface area contributed by atoms with Crippen molar-refractivity contribution in [2.75, 3.05) is 13.1 Å². The SMILES string of the molecule is CC(O)C(C)N1CCC(C)(C)CC1. The van der Waals surface area contributed by atoms with Gasteiger partial charge in [-0.05, 0) is 45.2 Å². The molecule has 0 aromatic heterocycles. The zero-order valence-electron chi connectivity index (χ0n) is 9.38. The molecule has 2 nitrogen and oxygen atoms in total. The van der Waals surface area contributed by atoms with Crippen LogP contribution < -0.4 is 0 Å². The van der Waals surface area contributed by atoms with Crippen molar-refractivity contribution in [1.82, 2.24) is 4.90 Å². The standard InChI is InChI=1S/C11H23NO/c1-9(10(2)13)12-7-5-11(3,4)6-8-12/h9-10,13H,5-8H2,1-4H3. The van der Waals surface area contributed by atoms with Crippen molar-refractivity contribution < 1.29 is 5.11 Å². The molecule has 1 aliphatic rings. The zero-order valence-corrected chi connectivity index (χ0v) is 9.38. The van der Waals surface area contributed by atoms with Crippen LogP contribution in [-0.4, -0.2) is 35.2 Å². The Labute approximate surface area is 81.9 Å². The number of piperidine rings is 1. The summed E-state index contributed by atoms with van der Waals surface area (Å²) in [7, 11) is 0. The predicted octanol–water partition coefficient (Wildman–Crippen LogP) is 1.88. The van der Waals surface area contributed by atoms with Crippen molar-refractivity contribution in [2.45, 2.75) is 52.7 Å². The molecule has 0 spiro atoms. The Hall–Kier alpha value is -0.0800. The van der Waals surface area contributed by atoms with Crippen LogP contribution >= 0.6 is 0 Å². The Morgan fingerprint density at radius 3 is 2.00 bits per heavy atom. The smallest absolute Gasteiger partial charge is 0.0664 e. The molecule has 0 radical (unpaired) electrons. The molecule has 2 unspecified atom stereocenters. The molecule has 0 aromatic carbocycles. The summed E-state index contributed by atoms with van der Waals surface area (Å²) in [6.45, 7) is 10.9. The summed E-state index contributed by atoms with van der Waals surface area (Å²) in [5, 5.41) is 9.46. The number of hydrogen-bond acceptors (Lipinski definition) is 2. The van der Waals surface area contributed by atoms with Gasteiger partial charge in [0.15, 0.2) is 0 Å². The lowest BCUT2D eigenvalue weighted by Gasteiger charge is -2.40. The molecule has 2 atom stereocenters. The Morgan fingerprint density at radius 1 is 1.15 bits per heavy atom. The first-order valence-electron chi connectivity index (χ1n) is 5.34. The quantitative estimate of drug-likeness (QED) is 0.710. The minimum atomic E-state index is -0.207. The largest absolute Gasteiger partial charge is 0.392 e. The van der Waals surface area contributed by atoms with Crippen LogP contribution in [0.3, 0.4) is 0 Å². The highest BCUT2D eigenvalue weighted by molar-refractivity contribution is 4.82. The third-order valence-electron chi connectivity index (χ3n) is 3.43. The highest BCUT2D eigenvalue weighted by Crippen LogP contribution is 2.30. The highest BCUT2D eigenvalue weighted by Gasteiger charge is 2.28. The molecule has 78 valence electrons. The van der Waals surface area contributed by atoms with E-state index in [1.54, 1.807) is 0 Å². The summed E-state index contributed by atoms with van der Waals surface area (Å²) >= 11 is 0. The van der Waals surface area contributed by atoms with Crippen molar-refractivity contribution in [3.63, 3.8) is 0 Å². The topological polar surface area (TPSA) is 23.5 Å². The van der Waals surface area contributed by atoms with Gasteiger partial charge in [-0.25, -0.2) is 0 Å². The molecule has 1 fully saturated rings. The summed E-state index contributed by atoms with van der Waals surface area (Å²) in [4.78, 5) is 2.40. The van der Waals surface area contributed by atoms with E-state index in [0.29, 0.717) is 11.5 Å². The van der Waals surface area contributed by atoms with Gasteiger partial charge in [-0.15, -0.1) is 0 Å². The average molecular weight is 185 g/mol. The maximum atomic E-state index is 9.46. The molecular formula is C11H23NO. The molecule has 2 heteroatoms. The number of likely N-dealkylation sites (tertiary alicyclic amines) is 1. The Balaban J connectivity index is 2.41. The van der Waals surface area contributed by atoms with E-state index < -0.39 is 0 Å². The lowest BCUT2D eigenvalue weighted by Crippen LogP contribution is -2.46. The van der Waals surface area contributed by atoms with Gasteiger partial charge in [0.25, 0.3) is 0 Å². The van der Waals surface area contributed by atoms with Crippen LogP contribution in [0.25, 0.3) is 0 Å². The van der Waals surface area contributed by atoms with Crippen molar-refractivity contribution >= 4 is 0 Å². The van der Waals surface area contributed by atoms with E-state index in [-0.39, 0.29) is 6.10 Å². The zero-order chi connectivity index (χ0) is 10.1. The minimum Gasteiger partial charge on any atom is -0.392 e. The van der Waals surface area contributed by atoms with E-state index in [4.69, 9.17) is 0 Å². The van der Waals surface area contributed by atoms with E-state index in [0.717, 1.165) is 13.1 Å². The van der Waals surface area contributed by atoms with Gasteiger partial charge < -0.3 is 5.11 Å². The molecule has 0 bridgehead atoms. The van der Waals surface area contributed by atoms with Crippen molar-refractivity contribution in [1.29, 1.82) is 0 Å². The molecule has 1 rings (SSSR count). The molecule has 0 aliphatic carbocycles. The summed E-state index contributed by atoms with van der Waals surface area (Å²) in [5.74, 6) is 0. The molecule has 0 amide bonds. The van der Waals surface area contributed by atoms with Crippen LogP contribution in [-0.2, 0) is 0 Å². The molecule has 0 aromatic rings. The molecule has 13 heavy (non-hydrogen) atoms. The van der Waals surface area contributed by atoms with Crippen molar-refractivity contribution in [3.8, 4) is 0 Å². The molecular weight excluding hydrogens is 162 g/mol. The number of aliphatic hydroxyl groups is 1. The third kappa shape index (κ3) is 2.96. The van der Waals surface area contributed by atoms with Crippen LogP contribution in [0.5, 0.6) is 0 Å². The lowest BCUT2D eigenvalue weighted by molar-refractivity contribution is 0.0327. The first-order chi connectivity index (χ1) is 5.92. The third-order valence-corrected chi connectivity index (χ3v) is 3.43. The van der Waals surface area contributed by atoms with Crippen LogP contribution in [0, 0.1) is 5.41 Å². The van der Waals surface area contributed by atoms with Gasteiger partial charge >= 0.3 is 0 Å². The van der Waals surface area contributed by atoms with E-state index >= 15 is 0 Å². The number of rotatable bonds is 2. The fraction of sp³-hybridized carbons (Fsp3) is 1.00. The first kappa shape index (κ1) is 11.0. The maximum absolute atomic E-state index is 9.46. The molecule has 1 aliphatic heterocycles. The van der Waals surface area contributed by atoms with Gasteiger partial charge in [-0.1, -0.05) is 13.8 Å². The predicted molar refractivity (Wildman–Crippen MR) is 55.7 cm³/mol.